The number of rotatable bonds is 15. The standard InChI is InChI=1S/C18H37N.BrH/c1-2-3-4-5-6-7-8-9-10-11-12-13-14-15-16-17-18-19;/h9-10H,2-8,11-19H2,1H3;1H/b10-9+;. The van der Waals surface area contributed by atoms with Crippen LogP contribution in [0.3, 0.4) is 0 Å². The molecule has 0 aliphatic heterocycles. The number of unbranched alkanes of at least 4 members (excludes halogenated alkanes) is 12. The largest absolute Gasteiger partial charge is 0.330 e. The van der Waals surface area contributed by atoms with E-state index in [1.807, 2.05) is 0 Å². The molecule has 0 saturated heterocycles. The zero-order valence-corrected chi connectivity index (χ0v) is 15.5. The molecule has 0 aromatic rings. The van der Waals surface area contributed by atoms with E-state index in [1.54, 1.807) is 0 Å². The van der Waals surface area contributed by atoms with Gasteiger partial charge in [0, 0.05) is 0 Å². The summed E-state index contributed by atoms with van der Waals surface area (Å²) < 4.78 is 0. The summed E-state index contributed by atoms with van der Waals surface area (Å²) in [6.45, 7) is 3.14. The second kappa shape index (κ2) is 21.5. The van der Waals surface area contributed by atoms with Crippen molar-refractivity contribution in [1.82, 2.24) is 0 Å². The van der Waals surface area contributed by atoms with Crippen molar-refractivity contribution in [3.63, 3.8) is 0 Å². The quantitative estimate of drug-likeness (QED) is 0.263. The Morgan fingerprint density at radius 2 is 1.00 bits per heavy atom. The van der Waals surface area contributed by atoms with E-state index in [0.29, 0.717) is 0 Å². The van der Waals surface area contributed by atoms with Crippen LogP contribution in [0.5, 0.6) is 0 Å². The van der Waals surface area contributed by atoms with E-state index in [1.165, 1.54) is 89.9 Å². The molecule has 0 heterocycles. The molecule has 0 aromatic carbocycles. The fourth-order valence-electron chi connectivity index (χ4n) is 2.39. The average Bonchev–Trinajstić information content (AvgIpc) is 2.43. The summed E-state index contributed by atoms with van der Waals surface area (Å²) in [6, 6.07) is 0. The van der Waals surface area contributed by atoms with E-state index in [-0.39, 0.29) is 17.0 Å². The third kappa shape index (κ3) is 20.5. The number of allylic oxidation sites excluding steroid dienone is 2. The first-order valence-corrected chi connectivity index (χ1v) is 8.77. The van der Waals surface area contributed by atoms with Gasteiger partial charge in [0.2, 0.25) is 0 Å². The Bertz CT molecular complexity index is 180. The van der Waals surface area contributed by atoms with Crippen molar-refractivity contribution < 1.29 is 0 Å². The summed E-state index contributed by atoms with van der Waals surface area (Å²) in [4.78, 5) is 0. The SMILES string of the molecule is Br.CCCCCCCC/C=C/CCCCCCCCN. The summed E-state index contributed by atoms with van der Waals surface area (Å²) in [6.07, 6.45) is 23.9. The molecule has 0 radical (unpaired) electrons. The normalized spacial score (nSPS) is 10.9. The zero-order valence-electron chi connectivity index (χ0n) is 13.7. The van der Waals surface area contributed by atoms with Crippen LogP contribution in [0.25, 0.3) is 0 Å². The van der Waals surface area contributed by atoms with Gasteiger partial charge in [0.25, 0.3) is 0 Å². The fourth-order valence-corrected chi connectivity index (χ4v) is 2.39. The molecule has 1 nitrogen and oxygen atoms in total. The lowest BCUT2D eigenvalue weighted by Gasteiger charge is -1.99. The molecule has 0 rings (SSSR count). The maximum absolute atomic E-state index is 5.47. The van der Waals surface area contributed by atoms with Crippen LogP contribution in [0.1, 0.15) is 96.8 Å². The van der Waals surface area contributed by atoms with Gasteiger partial charge in [0.15, 0.2) is 0 Å². The summed E-state index contributed by atoms with van der Waals surface area (Å²) in [7, 11) is 0. The van der Waals surface area contributed by atoms with Crippen molar-refractivity contribution in [2.75, 3.05) is 6.54 Å². The van der Waals surface area contributed by atoms with Crippen molar-refractivity contribution in [2.45, 2.75) is 96.8 Å². The van der Waals surface area contributed by atoms with Gasteiger partial charge in [-0.1, -0.05) is 76.9 Å². The maximum atomic E-state index is 5.47. The van der Waals surface area contributed by atoms with Crippen LogP contribution >= 0.6 is 17.0 Å². The Kier molecular flexibility index (Phi) is 24.1. The minimum absolute atomic E-state index is 0. The monoisotopic (exact) mass is 347 g/mol. The first-order valence-electron chi connectivity index (χ1n) is 8.77. The highest BCUT2D eigenvalue weighted by atomic mass is 79.9. The van der Waals surface area contributed by atoms with Crippen LogP contribution in [0.2, 0.25) is 0 Å². The Hall–Kier alpha value is 0.180. The van der Waals surface area contributed by atoms with E-state index in [9.17, 15) is 0 Å². The lowest BCUT2D eigenvalue weighted by molar-refractivity contribution is 0.599. The molecular formula is C18H38BrN. The predicted molar refractivity (Wildman–Crippen MR) is 98.8 cm³/mol. The second-order valence-electron chi connectivity index (χ2n) is 5.73. The van der Waals surface area contributed by atoms with Crippen LogP contribution in [0.4, 0.5) is 0 Å². The molecule has 0 bridgehead atoms. The lowest BCUT2D eigenvalue weighted by atomic mass is 10.1. The van der Waals surface area contributed by atoms with Gasteiger partial charge in [-0.25, -0.2) is 0 Å². The molecule has 0 aliphatic carbocycles. The molecule has 0 saturated carbocycles. The van der Waals surface area contributed by atoms with Gasteiger partial charge in [-0.05, 0) is 38.6 Å². The first kappa shape index (κ1) is 22.5. The summed E-state index contributed by atoms with van der Waals surface area (Å²) >= 11 is 0. The number of hydrogen-bond acceptors (Lipinski definition) is 1. The Balaban J connectivity index is 0. The number of nitrogens with two attached hydrogens (primary N) is 1. The van der Waals surface area contributed by atoms with Crippen LogP contribution in [-0.4, -0.2) is 6.54 Å². The molecular weight excluding hydrogens is 310 g/mol. The van der Waals surface area contributed by atoms with E-state index < -0.39 is 0 Å². The van der Waals surface area contributed by atoms with Crippen molar-refractivity contribution in [3.8, 4) is 0 Å². The van der Waals surface area contributed by atoms with E-state index >= 15 is 0 Å². The minimum Gasteiger partial charge on any atom is -0.330 e. The maximum Gasteiger partial charge on any atom is -0.00773 e. The van der Waals surface area contributed by atoms with Crippen molar-refractivity contribution in [1.29, 1.82) is 0 Å². The predicted octanol–water partition coefficient (Wildman–Crippen LogP) is 6.56. The fraction of sp³-hybridized carbons (Fsp3) is 0.889. The van der Waals surface area contributed by atoms with Gasteiger partial charge in [0.05, 0.1) is 0 Å². The second-order valence-corrected chi connectivity index (χ2v) is 5.73. The number of halogens is 1. The highest BCUT2D eigenvalue weighted by Crippen LogP contribution is 2.09. The highest BCUT2D eigenvalue weighted by molar-refractivity contribution is 8.93. The molecule has 0 atom stereocenters. The first-order chi connectivity index (χ1) is 9.41. The van der Waals surface area contributed by atoms with Gasteiger partial charge < -0.3 is 5.73 Å². The van der Waals surface area contributed by atoms with Crippen molar-refractivity contribution in [3.05, 3.63) is 12.2 Å². The third-order valence-electron chi connectivity index (χ3n) is 3.72. The van der Waals surface area contributed by atoms with Crippen LogP contribution < -0.4 is 5.73 Å². The van der Waals surface area contributed by atoms with Gasteiger partial charge >= 0.3 is 0 Å². The van der Waals surface area contributed by atoms with Crippen LogP contribution in [-0.2, 0) is 0 Å². The van der Waals surface area contributed by atoms with Gasteiger partial charge in [-0.3, -0.25) is 0 Å². The molecule has 0 aliphatic rings. The Morgan fingerprint density at radius 3 is 1.45 bits per heavy atom. The van der Waals surface area contributed by atoms with Gasteiger partial charge in [0.1, 0.15) is 0 Å². The summed E-state index contributed by atoms with van der Waals surface area (Å²) in [5.41, 5.74) is 5.47. The molecule has 0 aromatic heterocycles. The topological polar surface area (TPSA) is 26.0 Å². The van der Waals surface area contributed by atoms with Crippen LogP contribution in [0, 0.1) is 0 Å². The van der Waals surface area contributed by atoms with Crippen molar-refractivity contribution in [2.24, 2.45) is 5.73 Å². The lowest BCUT2D eigenvalue weighted by Crippen LogP contribution is -1.97. The Morgan fingerprint density at radius 1 is 0.600 bits per heavy atom. The minimum atomic E-state index is 0. The molecule has 2 N–H and O–H groups in total. The molecule has 2 heteroatoms. The average molecular weight is 348 g/mol. The van der Waals surface area contributed by atoms with E-state index in [4.69, 9.17) is 5.73 Å². The van der Waals surface area contributed by atoms with E-state index in [0.717, 1.165) is 6.54 Å². The molecule has 20 heavy (non-hydrogen) atoms. The molecule has 0 spiro atoms. The summed E-state index contributed by atoms with van der Waals surface area (Å²) in [5.74, 6) is 0. The zero-order chi connectivity index (χ0) is 14.0. The third-order valence-corrected chi connectivity index (χ3v) is 3.72. The molecule has 0 amide bonds. The van der Waals surface area contributed by atoms with Gasteiger partial charge in [-0.15, -0.1) is 17.0 Å². The van der Waals surface area contributed by atoms with E-state index in [2.05, 4.69) is 19.1 Å². The molecule has 122 valence electrons. The van der Waals surface area contributed by atoms with Crippen molar-refractivity contribution >= 4 is 17.0 Å². The molecule has 0 fully saturated rings. The molecule has 0 unspecified atom stereocenters. The van der Waals surface area contributed by atoms with Gasteiger partial charge in [-0.2, -0.15) is 0 Å². The van der Waals surface area contributed by atoms with Crippen LogP contribution in [0.15, 0.2) is 12.2 Å². The number of hydrogen-bond donors (Lipinski definition) is 1. The summed E-state index contributed by atoms with van der Waals surface area (Å²) in [5, 5.41) is 0. The Labute approximate surface area is 138 Å². The highest BCUT2D eigenvalue weighted by Gasteiger charge is 1.90. The smallest absolute Gasteiger partial charge is 0.00773 e.